The number of sulfonamides is 1. The van der Waals surface area contributed by atoms with E-state index in [-0.39, 0.29) is 36.7 Å². The molecule has 160 valence electrons. The highest BCUT2D eigenvalue weighted by Crippen LogP contribution is 2.24. The predicted molar refractivity (Wildman–Crippen MR) is 105 cm³/mol. The van der Waals surface area contributed by atoms with Crippen molar-refractivity contribution < 1.29 is 25.8 Å². The van der Waals surface area contributed by atoms with E-state index in [2.05, 4.69) is 0 Å². The molecule has 1 fully saturated rings. The Morgan fingerprint density at radius 2 is 1.67 bits per heavy atom. The van der Waals surface area contributed by atoms with E-state index >= 15 is 0 Å². The van der Waals surface area contributed by atoms with E-state index in [9.17, 15) is 26.2 Å². The number of benzene rings is 2. The summed E-state index contributed by atoms with van der Waals surface area (Å²) in [6, 6.07) is 7.38. The molecule has 1 aliphatic heterocycles. The standard InChI is InChI=1S/C18H17F2N3O5S2/c1-21-15-6-5-12(11-16(15)28-18(21)24)30(26,27)23-9-7-22(8-10-23)29(25)17-13(19)3-2-4-14(17)20/h2-6,11H,7-10H2,1H3. The summed E-state index contributed by atoms with van der Waals surface area (Å²) in [4.78, 5) is 11.0. The van der Waals surface area contributed by atoms with E-state index in [0.29, 0.717) is 5.52 Å². The fraction of sp³-hybridized carbons (Fsp3) is 0.278. The molecule has 0 spiro atoms. The first kappa shape index (κ1) is 20.8. The average Bonchev–Trinajstić information content (AvgIpc) is 3.01. The number of aryl methyl sites for hydroxylation is 1. The smallest absolute Gasteiger partial charge is 0.408 e. The molecule has 0 amide bonds. The highest BCUT2D eigenvalue weighted by Gasteiger charge is 2.32. The van der Waals surface area contributed by atoms with Gasteiger partial charge in [0.15, 0.2) is 5.58 Å². The highest BCUT2D eigenvalue weighted by atomic mass is 32.2. The molecule has 0 saturated carbocycles. The summed E-state index contributed by atoms with van der Waals surface area (Å²) in [5, 5.41) is 0. The summed E-state index contributed by atoms with van der Waals surface area (Å²) in [6.45, 7) is 0.0341. The van der Waals surface area contributed by atoms with E-state index in [0.717, 1.165) is 12.1 Å². The van der Waals surface area contributed by atoms with Crippen LogP contribution in [0.1, 0.15) is 0 Å². The van der Waals surface area contributed by atoms with Crippen molar-refractivity contribution in [3.8, 4) is 0 Å². The maximum atomic E-state index is 13.9. The Balaban J connectivity index is 1.53. The van der Waals surface area contributed by atoms with Gasteiger partial charge in [-0.1, -0.05) is 6.07 Å². The van der Waals surface area contributed by atoms with Crippen molar-refractivity contribution in [3.63, 3.8) is 0 Å². The summed E-state index contributed by atoms with van der Waals surface area (Å²) in [6.07, 6.45) is 0. The van der Waals surface area contributed by atoms with Crippen molar-refractivity contribution in [2.24, 2.45) is 7.05 Å². The molecule has 0 N–H and O–H groups in total. The number of rotatable bonds is 4. The summed E-state index contributed by atoms with van der Waals surface area (Å²) in [5.41, 5.74) is 0.615. The van der Waals surface area contributed by atoms with Crippen LogP contribution in [0.3, 0.4) is 0 Å². The van der Waals surface area contributed by atoms with Crippen LogP contribution in [0.25, 0.3) is 11.1 Å². The number of hydrogen-bond donors (Lipinski definition) is 0. The molecule has 0 radical (unpaired) electrons. The molecular formula is C18H17F2N3O5S2. The molecule has 2 heterocycles. The minimum atomic E-state index is -3.90. The first-order valence-electron chi connectivity index (χ1n) is 8.91. The molecule has 0 aliphatic carbocycles. The summed E-state index contributed by atoms with van der Waals surface area (Å²) in [7, 11) is -4.47. The number of oxazole rings is 1. The van der Waals surface area contributed by atoms with Crippen LogP contribution >= 0.6 is 0 Å². The van der Waals surface area contributed by atoms with Crippen LogP contribution in [0.4, 0.5) is 8.78 Å². The van der Waals surface area contributed by atoms with Crippen LogP contribution in [0.5, 0.6) is 0 Å². The van der Waals surface area contributed by atoms with Gasteiger partial charge in [-0.2, -0.15) is 4.31 Å². The van der Waals surface area contributed by atoms with E-state index in [4.69, 9.17) is 4.42 Å². The predicted octanol–water partition coefficient (Wildman–Crippen LogP) is 1.44. The van der Waals surface area contributed by atoms with Gasteiger partial charge in [0.2, 0.25) is 10.0 Å². The topological polar surface area (TPSA) is 92.8 Å². The van der Waals surface area contributed by atoms with Gasteiger partial charge in [0.1, 0.15) is 27.5 Å². The molecule has 30 heavy (non-hydrogen) atoms. The number of piperazine rings is 1. The van der Waals surface area contributed by atoms with Crippen LogP contribution in [-0.2, 0) is 28.1 Å². The lowest BCUT2D eigenvalue weighted by molar-refractivity contribution is 0.280. The molecule has 1 aromatic heterocycles. The van der Waals surface area contributed by atoms with E-state index < -0.39 is 43.3 Å². The molecule has 12 heteroatoms. The molecule has 2 aromatic carbocycles. The number of aromatic nitrogens is 1. The van der Waals surface area contributed by atoms with Crippen LogP contribution in [0.2, 0.25) is 0 Å². The normalized spacial score (nSPS) is 17.4. The summed E-state index contributed by atoms with van der Waals surface area (Å²) >= 11 is 0. The third-order valence-corrected chi connectivity index (χ3v) is 8.40. The van der Waals surface area contributed by atoms with Crippen molar-refractivity contribution in [2.75, 3.05) is 26.2 Å². The van der Waals surface area contributed by atoms with Gasteiger partial charge in [-0.3, -0.25) is 4.57 Å². The lowest BCUT2D eigenvalue weighted by Gasteiger charge is -2.33. The number of fused-ring (bicyclic) bond motifs is 1. The molecule has 3 aromatic rings. The second-order valence-electron chi connectivity index (χ2n) is 6.69. The van der Waals surface area contributed by atoms with Crippen molar-refractivity contribution in [1.29, 1.82) is 0 Å². The first-order valence-corrected chi connectivity index (χ1v) is 11.5. The SMILES string of the molecule is Cn1c(=O)oc2cc(S(=O)(=O)N3CCN(S(=O)c4c(F)cccc4F)CC3)ccc21. The summed E-state index contributed by atoms with van der Waals surface area (Å²) < 4.78 is 75.2. The van der Waals surface area contributed by atoms with Crippen molar-refractivity contribution in [1.82, 2.24) is 13.2 Å². The lowest BCUT2D eigenvalue weighted by Crippen LogP contribution is -2.49. The zero-order valence-corrected chi connectivity index (χ0v) is 17.4. The van der Waals surface area contributed by atoms with Crippen LogP contribution in [-0.4, -0.2) is 52.0 Å². The molecule has 8 nitrogen and oxygen atoms in total. The van der Waals surface area contributed by atoms with Gasteiger partial charge >= 0.3 is 5.76 Å². The molecule has 1 saturated heterocycles. The van der Waals surface area contributed by atoms with Gasteiger partial charge in [-0.25, -0.2) is 30.5 Å². The zero-order valence-electron chi connectivity index (χ0n) is 15.7. The van der Waals surface area contributed by atoms with Crippen molar-refractivity contribution in [3.05, 3.63) is 58.6 Å². The Bertz CT molecular complexity index is 1290. The highest BCUT2D eigenvalue weighted by molar-refractivity contribution is 7.89. The Morgan fingerprint density at radius 1 is 1.03 bits per heavy atom. The largest absolute Gasteiger partial charge is 0.419 e. The lowest BCUT2D eigenvalue weighted by atomic mass is 10.3. The van der Waals surface area contributed by atoms with Gasteiger partial charge < -0.3 is 4.42 Å². The fourth-order valence-corrected chi connectivity index (χ4v) is 5.94. The minimum absolute atomic E-state index is 0.0130. The second-order valence-corrected chi connectivity index (χ2v) is 10.1. The summed E-state index contributed by atoms with van der Waals surface area (Å²) in [5.74, 6) is -2.43. The Labute approximate surface area is 172 Å². The number of hydrogen-bond acceptors (Lipinski definition) is 5. The number of halogens is 2. The van der Waals surface area contributed by atoms with Gasteiger partial charge in [0.25, 0.3) is 0 Å². The fourth-order valence-electron chi connectivity index (χ4n) is 3.28. The Kier molecular flexibility index (Phi) is 5.34. The molecule has 1 aliphatic rings. The molecule has 0 bridgehead atoms. The van der Waals surface area contributed by atoms with Crippen molar-refractivity contribution in [2.45, 2.75) is 9.79 Å². The number of nitrogens with zero attached hydrogens (tertiary/aromatic N) is 3. The van der Waals surface area contributed by atoms with Crippen LogP contribution in [0, 0.1) is 11.6 Å². The zero-order chi connectivity index (χ0) is 21.6. The van der Waals surface area contributed by atoms with Crippen LogP contribution in [0.15, 0.2) is 55.4 Å². The molecule has 1 unspecified atom stereocenters. The van der Waals surface area contributed by atoms with Gasteiger partial charge in [-0.05, 0) is 24.3 Å². The molecular weight excluding hydrogens is 440 g/mol. The van der Waals surface area contributed by atoms with Crippen LogP contribution < -0.4 is 5.76 Å². The third kappa shape index (κ3) is 3.49. The second kappa shape index (κ2) is 7.69. The Hall–Kier alpha value is -2.41. The van der Waals surface area contributed by atoms with E-state index in [1.165, 1.54) is 44.5 Å². The molecule has 4 rings (SSSR count). The maximum Gasteiger partial charge on any atom is 0.419 e. The molecule has 1 atom stereocenters. The maximum absolute atomic E-state index is 13.9. The third-order valence-electron chi connectivity index (χ3n) is 4.93. The monoisotopic (exact) mass is 457 g/mol. The van der Waals surface area contributed by atoms with E-state index in [1.807, 2.05) is 0 Å². The van der Waals surface area contributed by atoms with E-state index in [1.54, 1.807) is 0 Å². The van der Waals surface area contributed by atoms with Gasteiger partial charge in [0, 0.05) is 39.3 Å². The van der Waals surface area contributed by atoms with Gasteiger partial charge in [0.05, 0.1) is 10.4 Å². The quantitative estimate of drug-likeness (QED) is 0.591. The Morgan fingerprint density at radius 3 is 2.30 bits per heavy atom. The van der Waals surface area contributed by atoms with Gasteiger partial charge in [-0.15, -0.1) is 0 Å². The minimum Gasteiger partial charge on any atom is -0.408 e. The average molecular weight is 457 g/mol. The first-order chi connectivity index (χ1) is 14.2. The van der Waals surface area contributed by atoms with Crippen molar-refractivity contribution >= 4 is 32.1 Å².